The molecular formula is C9H13NO3. The zero-order valence-electron chi connectivity index (χ0n) is 8.09. The van der Waals surface area contributed by atoms with Crippen LogP contribution in [0.2, 0.25) is 0 Å². The van der Waals surface area contributed by atoms with Gasteiger partial charge < -0.3 is 0 Å². The summed E-state index contributed by atoms with van der Waals surface area (Å²) in [5, 5.41) is 1.33. The van der Waals surface area contributed by atoms with Gasteiger partial charge in [-0.25, -0.2) is 9.86 Å². The summed E-state index contributed by atoms with van der Waals surface area (Å²) in [7, 11) is 0. The number of carbonyl (C=O) groups excluding carboxylic acids is 2. The van der Waals surface area contributed by atoms with Crippen molar-refractivity contribution >= 4 is 11.7 Å². The van der Waals surface area contributed by atoms with Gasteiger partial charge in [-0.1, -0.05) is 0 Å². The van der Waals surface area contributed by atoms with Crippen LogP contribution in [0.1, 0.15) is 27.2 Å². The molecule has 0 atom stereocenters. The molecule has 0 aromatic rings. The predicted molar refractivity (Wildman–Crippen MR) is 46.4 cm³/mol. The molecule has 72 valence electrons. The van der Waals surface area contributed by atoms with Crippen molar-refractivity contribution in [3.8, 4) is 0 Å². The first kappa shape index (κ1) is 9.96. The predicted octanol–water partition coefficient (Wildman–Crippen LogP) is 0.707. The first-order valence-electron chi connectivity index (χ1n) is 4.19. The molecule has 0 aliphatic carbocycles. The third-order valence-electron chi connectivity index (χ3n) is 1.54. The second kappa shape index (κ2) is 3.32. The van der Waals surface area contributed by atoms with Gasteiger partial charge in [0.15, 0.2) is 17.4 Å². The first-order chi connectivity index (χ1) is 5.94. The van der Waals surface area contributed by atoms with E-state index in [1.807, 2.05) is 20.8 Å². The first-order valence-corrected chi connectivity index (χ1v) is 4.19. The lowest BCUT2D eigenvalue weighted by atomic mass is 10.2. The second-order valence-electron chi connectivity index (χ2n) is 3.93. The van der Waals surface area contributed by atoms with E-state index in [4.69, 9.17) is 4.84 Å². The summed E-state index contributed by atoms with van der Waals surface area (Å²) in [5.74, 6) is 1.41. The Labute approximate surface area is 77.1 Å². The van der Waals surface area contributed by atoms with Crippen molar-refractivity contribution in [1.29, 1.82) is 0 Å². The lowest BCUT2D eigenvalue weighted by molar-refractivity contribution is -0.197. The number of ketones is 1. The summed E-state index contributed by atoms with van der Waals surface area (Å²) in [6.07, 6.45) is 0.334. The fraction of sp³-hybridized carbons (Fsp3) is 0.667. The van der Waals surface area contributed by atoms with E-state index in [1.165, 1.54) is 5.06 Å². The van der Waals surface area contributed by atoms with E-state index >= 15 is 0 Å². The van der Waals surface area contributed by atoms with Crippen LogP contribution >= 0.6 is 0 Å². The fourth-order valence-corrected chi connectivity index (χ4v) is 1.10. The summed E-state index contributed by atoms with van der Waals surface area (Å²) in [6.45, 7) is 6.02. The summed E-state index contributed by atoms with van der Waals surface area (Å²) in [5.41, 5.74) is -0.387. The maximum atomic E-state index is 11.1. The average molecular weight is 183 g/mol. The van der Waals surface area contributed by atoms with Crippen LogP contribution in [0, 0.1) is 0 Å². The number of hydrogen-bond donors (Lipinski definition) is 0. The summed E-state index contributed by atoms with van der Waals surface area (Å²) in [6, 6.07) is 0. The van der Waals surface area contributed by atoms with E-state index in [9.17, 15) is 9.59 Å². The minimum Gasteiger partial charge on any atom is -0.292 e. The van der Waals surface area contributed by atoms with Crippen LogP contribution in [-0.4, -0.2) is 28.9 Å². The van der Waals surface area contributed by atoms with Crippen molar-refractivity contribution in [2.45, 2.75) is 32.8 Å². The van der Waals surface area contributed by atoms with Gasteiger partial charge >= 0.3 is 0 Å². The van der Waals surface area contributed by atoms with Gasteiger partial charge in [-0.15, -0.1) is 0 Å². The molecule has 1 fully saturated rings. The van der Waals surface area contributed by atoms with E-state index in [0.717, 1.165) is 0 Å². The number of nitrogens with zero attached hydrogens (tertiary/aromatic N) is 1. The lowest BCUT2D eigenvalue weighted by Crippen LogP contribution is -2.31. The fourth-order valence-electron chi connectivity index (χ4n) is 1.10. The van der Waals surface area contributed by atoms with Gasteiger partial charge in [0, 0.05) is 6.42 Å². The lowest BCUT2D eigenvalue weighted by Gasteiger charge is -2.26. The van der Waals surface area contributed by atoms with Gasteiger partial charge in [0.25, 0.3) is 0 Å². The molecule has 1 rings (SSSR count). The van der Waals surface area contributed by atoms with Gasteiger partial charge in [-0.2, -0.15) is 0 Å². The van der Waals surface area contributed by atoms with Crippen molar-refractivity contribution in [1.82, 2.24) is 5.06 Å². The maximum absolute atomic E-state index is 11.1. The highest BCUT2D eigenvalue weighted by atomic mass is 16.7. The standard InChI is InChI=1S/C9H13NO3/c1-9(2,3)13-10-5-4-8(12)7(10)6-11/h4-5H2,1-3H3. The van der Waals surface area contributed by atoms with E-state index in [-0.39, 0.29) is 11.5 Å². The molecular weight excluding hydrogens is 170 g/mol. The Morgan fingerprint density at radius 3 is 2.54 bits per heavy atom. The Balaban J connectivity index is 2.73. The van der Waals surface area contributed by atoms with Gasteiger partial charge in [0.05, 0.1) is 12.1 Å². The highest BCUT2D eigenvalue weighted by Gasteiger charge is 2.30. The number of allylic oxidation sites excluding steroid dienone is 1. The van der Waals surface area contributed by atoms with Crippen molar-refractivity contribution in [3.05, 3.63) is 5.70 Å². The Kier molecular flexibility index (Phi) is 2.55. The highest BCUT2D eigenvalue weighted by molar-refractivity contribution is 6.03. The number of carbonyl (C=O) groups is 1. The molecule has 0 N–H and O–H groups in total. The number of rotatable bonds is 1. The summed E-state index contributed by atoms with van der Waals surface area (Å²) >= 11 is 0. The van der Waals surface area contributed by atoms with Gasteiger partial charge in [0.1, 0.15) is 0 Å². The second-order valence-corrected chi connectivity index (χ2v) is 3.93. The SMILES string of the molecule is CC(C)(C)ON1CCC(=O)C1=C=O. The Hall–Kier alpha value is -1.12. The molecule has 0 aromatic carbocycles. The molecule has 1 heterocycles. The molecule has 13 heavy (non-hydrogen) atoms. The average Bonchev–Trinajstić information content (AvgIpc) is 2.28. The van der Waals surface area contributed by atoms with Crippen molar-refractivity contribution in [3.63, 3.8) is 0 Å². The number of hydrogen-bond acceptors (Lipinski definition) is 4. The van der Waals surface area contributed by atoms with Crippen LogP contribution in [-0.2, 0) is 14.4 Å². The molecule has 0 saturated carbocycles. The van der Waals surface area contributed by atoms with Crippen LogP contribution in [0.5, 0.6) is 0 Å². The number of Topliss-reactive ketones (excluding diaryl/α,β-unsaturated/α-hetero) is 1. The normalized spacial score (nSPS) is 17.9. The van der Waals surface area contributed by atoms with E-state index in [0.29, 0.717) is 13.0 Å². The third kappa shape index (κ3) is 2.41. The largest absolute Gasteiger partial charge is 0.292 e. The Bertz CT molecular complexity index is 271. The van der Waals surface area contributed by atoms with Gasteiger partial charge in [-0.3, -0.25) is 9.63 Å². The van der Waals surface area contributed by atoms with E-state index < -0.39 is 5.60 Å². The number of hydroxylamine groups is 2. The summed E-state index contributed by atoms with van der Waals surface area (Å²) < 4.78 is 0. The molecule has 0 spiro atoms. The topological polar surface area (TPSA) is 46.6 Å². The van der Waals surface area contributed by atoms with Crippen LogP contribution in [0.15, 0.2) is 5.70 Å². The van der Waals surface area contributed by atoms with Crippen LogP contribution in [0.25, 0.3) is 0 Å². The molecule has 0 bridgehead atoms. The third-order valence-corrected chi connectivity index (χ3v) is 1.54. The molecule has 1 saturated heterocycles. The van der Waals surface area contributed by atoms with E-state index in [2.05, 4.69) is 0 Å². The molecule has 1 aliphatic heterocycles. The monoisotopic (exact) mass is 183 g/mol. The van der Waals surface area contributed by atoms with Crippen LogP contribution < -0.4 is 0 Å². The summed E-state index contributed by atoms with van der Waals surface area (Å²) in [4.78, 5) is 26.9. The molecule has 0 aromatic heterocycles. The molecule has 4 heteroatoms. The minimum atomic E-state index is -0.396. The van der Waals surface area contributed by atoms with Crippen LogP contribution in [0.4, 0.5) is 0 Å². The quantitative estimate of drug-likeness (QED) is 0.443. The molecule has 0 unspecified atom stereocenters. The Morgan fingerprint density at radius 2 is 2.08 bits per heavy atom. The van der Waals surface area contributed by atoms with E-state index in [1.54, 1.807) is 5.94 Å². The van der Waals surface area contributed by atoms with Gasteiger partial charge in [0.2, 0.25) is 0 Å². The van der Waals surface area contributed by atoms with Crippen molar-refractivity contribution in [2.24, 2.45) is 0 Å². The molecule has 1 aliphatic rings. The Morgan fingerprint density at radius 1 is 1.46 bits per heavy atom. The molecule has 0 radical (unpaired) electrons. The smallest absolute Gasteiger partial charge is 0.194 e. The maximum Gasteiger partial charge on any atom is 0.194 e. The van der Waals surface area contributed by atoms with Crippen molar-refractivity contribution in [2.75, 3.05) is 6.54 Å². The zero-order chi connectivity index (χ0) is 10.1. The van der Waals surface area contributed by atoms with Gasteiger partial charge in [-0.05, 0) is 20.8 Å². The zero-order valence-corrected chi connectivity index (χ0v) is 8.09. The molecule has 0 amide bonds. The molecule has 4 nitrogen and oxygen atoms in total. The minimum absolute atomic E-state index is 0.00919. The van der Waals surface area contributed by atoms with Crippen LogP contribution in [0.3, 0.4) is 0 Å². The van der Waals surface area contributed by atoms with Crippen molar-refractivity contribution < 1.29 is 14.4 Å². The highest BCUT2D eigenvalue weighted by Crippen LogP contribution is 2.20.